The molecular formula is C18H21ClO4. The van der Waals surface area contributed by atoms with Crippen LogP contribution in [0.4, 0.5) is 0 Å². The molecule has 0 aromatic heterocycles. The van der Waals surface area contributed by atoms with E-state index < -0.39 is 0 Å². The van der Waals surface area contributed by atoms with Crippen LogP contribution in [-0.2, 0) is 16.0 Å². The summed E-state index contributed by atoms with van der Waals surface area (Å²) in [5, 5.41) is 0.476. The van der Waals surface area contributed by atoms with E-state index in [-0.39, 0.29) is 12.4 Å². The topological polar surface area (TPSA) is 44.8 Å². The lowest BCUT2D eigenvalue weighted by molar-refractivity contribution is -0.144. The van der Waals surface area contributed by atoms with Crippen molar-refractivity contribution in [3.05, 3.63) is 34.9 Å². The first-order chi connectivity index (χ1) is 11.2. The molecule has 4 nitrogen and oxygen atoms in total. The number of benzene rings is 1. The zero-order valence-electron chi connectivity index (χ0n) is 13.1. The van der Waals surface area contributed by atoms with E-state index in [9.17, 15) is 4.79 Å². The third-order valence-corrected chi connectivity index (χ3v) is 4.35. The Labute approximate surface area is 141 Å². The van der Waals surface area contributed by atoms with Crippen LogP contribution in [0, 0.1) is 5.92 Å². The van der Waals surface area contributed by atoms with Crippen LogP contribution in [-0.4, -0.2) is 25.8 Å². The van der Waals surface area contributed by atoms with Crippen molar-refractivity contribution in [2.75, 3.05) is 19.8 Å². The van der Waals surface area contributed by atoms with E-state index in [4.69, 9.17) is 25.8 Å². The van der Waals surface area contributed by atoms with Gasteiger partial charge in [0.05, 0.1) is 31.3 Å². The molecular weight excluding hydrogens is 316 g/mol. The predicted molar refractivity (Wildman–Crippen MR) is 88.2 cm³/mol. The fourth-order valence-electron chi connectivity index (χ4n) is 2.82. The van der Waals surface area contributed by atoms with Gasteiger partial charge in [-0.05, 0) is 42.9 Å². The number of carbonyl (C=O) groups excluding carboxylic acids is 1. The molecule has 1 aromatic rings. The maximum atomic E-state index is 12.0. The van der Waals surface area contributed by atoms with Gasteiger partial charge in [-0.2, -0.15) is 0 Å². The Kier molecular flexibility index (Phi) is 5.44. The summed E-state index contributed by atoms with van der Waals surface area (Å²) in [7, 11) is 0. The molecule has 0 saturated heterocycles. The lowest BCUT2D eigenvalue weighted by atomic mass is 9.95. The van der Waals surface area contributed by atoms with Crippen LogP contribution in [0.2, 0.25) is 5.02 Å². The second kappa shape index (κ2) is 7.73. The predicted octanol–water partition coefficient (Wildman–Crippen LogP) is 3.94. The molecule has 1 aromatic carbocycles. The van der Waals surface area contributed by atoms with E-state index in [1.54, 1.807) is 6.07 Å². The average Bonchev–Trinajstić information content (AvgIpc) is 2.80. The quantitative estimate of drug-likeness (QED) is 0.617. The lowest BCUT2D eigenvalue weighted by Crippen LogP contribution is -2.16. The van der Waals surface area contributed by atoms with E-state index in [2.05, 4.69) is 12.2 Å². The van der Waals surface area contributed by atoms with Gasteiger partial charge in [0, 0.05) is 6.42 Å². The fourth-order valence-corrected chi connectivity index (χ4v) is 3.11. The van der Waals surface area contributed by atoms with Crippen molar-refractivity contribution >= 4 is 17.6 Å². The highest BCUT2D eigenvalue weighted by Gasteiger charge is 2.18. The monoisotopic (exact) mass is 336 g/mol. The summed E-state index contributed by atoms with van der Waals surface area (Å²) in [6, 6.07) is 3.57. The normalized spacial score (nSPS) is 20.0. The highest BCUT2D eigenvalue weighted by molar-refractivity contribution is 6.32. The molecule has 2 aliphatic rings. The molecule has 0 bridgehead atoms. The number of hydrogen-bond acceptors (Lipinski definition) is 4. The van der Waals surface area contributed by atoms with Crippen molar-refractivity contribution in [3.8, 4) is 11.5 Å². The van der Waals surface area contributed by atoms with E-state index in [1.807, 2.05) is 6.07 Å². The van der Waals surface area contributed by atoms with Gasteiger partial charge in [0.2, 0.25) is 0 Å². The fraction of sp³-hybridized carbons (Fsp3) is 0.500. The van der Waals surface area contributed by atoms with Crippen LogP contribution in [0.25, 0.3) is 0 Å². The molecule has 0 fully saturated rings. The molecule has 1 unspecified atom stereocenters. The van der Waals surface area contributed by atoms with Crippen molar-refractivity contribution in [1.29, 1.82) is 0 Å². The Morgan fingerprint density at radius 1 is 1.26 bits per heavy atom. The van der Waals surface area contributed by atoms with Crippen LogP contribution in [0.1, 0.15) is 31.2 Å². The molecule has 3 rings (SSSR count). The minimum atomic E-state index is -0.231. The van der Waals surface area contributed by atoms with Crippen molar-refractivity contribution < 1.29 is 19.0 Å². The first kappa shape index (κ1) is 16.2. The third-order valence-electron chi connectivity index (χ3n) is 4.07. The number of rotatable bonds is 4. The summed E-state index contributed by atoms with van der Waals surface area (Å²) < 4.78 is 16.6. The Morgan fingerprint density at radius 2 is 2.13 bits per heavy atom. The third kappa shape index (κ3) is 4.41. The van der Waals surface area contributed by atoms with Gasteiger partial charge in [0.25, 0.3) is 0 Å². The minimum Gasteiger partial charge on any atom is -0.489 e. The molecule has 1 heterocycles. The van der Waals surface area contributed by atoms with Gasteiger partial charge in [-0.15, -0.1) is 0 Å². The number of ether oxygens (including phenoxy) is 3. The summed E-state index contributed by atoms with van der Waals surface area (Å²) in [6.45, 7) is 1.66. The summed E-state index contributed by atoms with van der Waals surface area (Å²) in [5.74, 6) is 1.38. The highest BCUT2D eigenvalue weighted by atomic mass is 35.5. The molecule has 1 aliphatic heterocycles. The average molecular weight is 337 g/mol. The van der Waals surface area contributed by atoms with Crippen LogP contribution >= 0.6 is 11.6 Å². The van der Waals surface area contributed by atoms with Crippen LogP contribution in [0.3, 0.4) is 0 Å². The number of fused-ring (bicyclic) bond motifs is 1. The molecule has 0 N–H and O–H groups in total. The van der Waals surface area contributed by atoms with E-state index in [0.717, 1.165) is 31.2 Å². The number of allylic oxidation sites excluding steroid dienone is 2. The summed E-state index contributed by atoms with van der Waals surface area (Å²) in [4.78, 5) is 12.0. The second-order valence-corrected chi connectivity index (χ2v) is 6.37. The Balaban J connectivity index is 1.58. The summed E-state index contributed by atoms with van der Waals surface area (Å²) >= 11 is 6.24. The minimum absolute atomic E-state index is 0.193. The van der Waals surface area contributed by atoms with E-state index >= 15 is 0 Å². The van der Waals surface area contributed by atoms with Gasteiger partial charge in [-0.1, -0.05) is 23.8 Å². The summed E-state index contributed by atoms with van der Waals surface area (Å²) in [5.41, 5.74) is 0.785. The number of carbonyl (C=O) groups is 1. The van der Waals surface area contributed by atoms with Gasteiger partial charge in [0.1, 0.15) is 0 Å². The molecule has 0 amide bonds. The Morgan fingerprint density at radius 3 is 2.96 bits per heavy atom. The van der Waals surface area contributed by atoms with Crippen molar-refractivity contribution in [1.82, 2.24) is 0 Å². The van der Waals surface area contributed by atoms with Crippen molar-refractivity contribution in [3.63, 3.8) is 0 Å². The maximum absolute atomic E-state index is 12.0. The first-order valence-electron chi connectivity index (χ1n) is 8.11. The SMILES string of the molecule is O=C(Cc1cc(Cl)c2c(c1)OCCCO2)OCC1CC=CCC1. The second-order valence-electron chi connectivity index (χ2n) is 5.97. The number of hydrogen-bond donors (Lipinski definition) is 0. The molecule has 23 heavy (non-hydrogen) atoms. The molecule has 1 atom stereocenters. The summed E-state index contributed by atoms with van der Waals surface area (Å²) in [6.07, 6.45) is 8.49. The van der Waals surface area contributed by atoms with Crippen LogP contribution < -0.4 is 9.47 Å². The largest absolute Gasteiger partial charge is 0.489 e. The first-order valence-corrected chi connectivity index (χ1v) is 8.49. The van der Waals surface area contributed by atoms with Gasteiger partial charge < -0.3 is 14.2 Å². The van der Waals surface area contributed by atoms with Crippen molar-refractivity contribution in [2.24, 2.45) is 5.92 Å². The Bertz CT molecular complexity index is 597. The molecule has 0 saturated carbocycles. The van der Waals surface area contributed by atoms with Gasteiger partial charge >= 0.3 is 5.97 Å². The molecule has 0 radical (unpaired) electrons. The molecule has 124 valence electrons. The standard InChI is InChI=1S/C18H21ClO4/c19-15-9-14(10-16-18(15)22-8-4-7-21-16)11-17(20)23-12-13-5-2-1-3-6-13/h1-2,9-10,13H,3-8,11-12H2. The van der Waals surface area contributed by atoms with Gasteiger partial charge in [-0.25, -0.2) is 0 Å². The van der Waals surface area contributed by atoms with Crippen molar-refractivity contribution in [2.45, 2.75) is 32.1 Å². The highest BCUT2D eigenvalue weighted by Crippen LogP contribution is 2.38. The number of esters is 1. The van der Waals surface area contributed by atoms with Crippen LogP contribution in [0.15, 0.2) is 24.3 Å². The molecule has 0 spiro atoms. The number of halogens is 1. The van der Waals surface area contributed by atoms with E-state index in [0.29, 0.717) is 42.3 Å². The van der Waals surface area contributed by atoms with Crippen LogP contribution in [0.5, 0.6) is 11.5 Å². The van der Waals surface area contributed by atoms with Gasteiger partial charge in [-0.3, -0.25) is 4.79 Å². The van der Waals surface area contributed by atoms with E-state index in [1.165, 1.54) is 0 Å². The lowest BCUT2D eigenvalue weighted by Gasteiger charge is -2.17. The Hall–Kier alpha value is -1.68. The zero-order valence-corrected chi connectivity index (χ0v) is 13.8. The maximum Gasteiger partial charge on any atom is 0.310 e. The molecule has 5 heteroatoms. The van der Waals surface area contributed by atoms with Gasteiger partial charge in [0.15, 0.2) is 11.5 Å². The smallest absolute Gasteiger partial charge is 0.310 e. The molecule has 1 aliphatic carbocycles. The zero-order chi connectivity index (χ0) is 16.1.